The summed E-state index contributed by atoms with van der Waals surface area (Å²) in [6.45, 7) is 0. The Kier molecular flexibility index (Phi) is 3.37. The van der Waals surface area contributed by atoms with Crippen LogP contribution < -0.4 is 0 Å². The lowest BCUT2D eigenvalue weighted by Crippen LogP contribution is -1.83. The largest absolute Gasteiger partial charge is 0.276 e. The van der Waals surface area contributed by atoms with Gasteiger partial charge in [-0.25, -0.2) is 0 Å². The molecule has 2 heteroatoms. The van der Waals surface area contributed by atoms with Crippen molar-refractivity contribution < 1.29 is 4.79 Å². The molecular formula is C14H11ClO. The van der Waals surface area contributed by atoms with E-state index in [0.717, 1.165) is 6.42 Å². The van der Waals surface area contributed by atoms with Gasteiger partial charge in [-0.2, -0.15) is 0 Å². The minimum absolute atomic E-state index is 0.430. The molecule has 80 valence electrons. The fourth-order valence-corrected chi connectivity index (χ4v) is 1.74. The van der Waals surface area contributed by atoms with E-state index >= 15 is 0 Å². The van der Waals surface area contributed by atoms with Crippen LogP contribution in [-0.4, -0.2) is 5.24 Å². The highest BCUT2D eigenvalue weighted by Gasteiger charge is 1.94. The maximum Gasteiger partial charge on any atom is 0.244 e. The highest BCUT2D eigenvalue weighted by molar-refractivity contribution is 6.66. The fraction of sp³-hybridized carbons (Fsp3) is 0.0714. The van der Waals surface area contributed by atoms with Gasteiger partial charge in [0.25, 0.3) is 0 Å². The summed E-state index contributed by atoms with van der Waals surface area (Å²) in [6.07, 6.45) is 3.89. The molecule has 0 radical (unpaired) electrons. The molecule has 0 N–H and O–H groups in total. The highest BCUT2D eigenvalue weighted by Crippen LogP contribution is 2.16. The van der Waals surface area contributed by atoms with E-state index < -0.39 is 5.24 Å². The van der Waals surface area contributed by atoms with Crippen molar-refractivity contribution in [3.05, 3.63) is 60.2 Å². The van der Waals surface area contributed by atoms with Crippen molar-refractivity contribution in [3.8, 4) is 0 Å². The van der Waals surface area contributed by atoms with Crippen LogP contribution in [0.15, 0.2) is 54.6 Å². The SMILES string of the molecule is O=C(Cl)/C=C/Cc1ccc2ccccc2c1. The molecule has 0 heterocycles. The van der Waals surface area contributed by atoms with Crippen LogP contribution in [0.4, 0.5) is 0 Å². The summed E-state index contributed by atoms with van der Waals surface area (Å²) in [4.78, 5) is 10.5. The number of fused-ring (bicyclic) bond motifs is 1. The highest BCUT2D eigenvalue weighted by atomic mass is 35.5. The van der Waals surface area contributed by atoms with Gasteiger partial charge in [-0.1, -0.05) is 48.5 Å². The van der Waals surface area contributed by atoms with E-state index in [1.807, 2.05) is 12.1 Å². The standard InChI is InChI=1S/C14H11ClO/c15-14(16)7-3-4-11-8-9-12-5-1-2-6-13(12)10-11/h1-3,5-10H,4H2/b7-3+. The monoisotopic (exact) mass is 230 g/mol. The van der Waals surface area contributed by atoms with Gasteiger partial charge in [-0.05, 0) is 40.4 Å². The molecule has 0 spiro atoms. The van der Waals surface area contributed by atoms with Crippen LogP contribution >= 0.6 is 11.6 Å². The summed E-state index contributed by atoms with van der Waals surface area (Å²) < 4.78 is 0. The van der Waals surface area contributed by atoms with Gasteiger partial charge in [0.1, 0.15) is 0 Å². The Labute approximate surface area is 99.3 Å². The van der Waals surface area contributed by atoms with Crippen molar-refractivity contribution in [2.75, 3.05) is 0 Å². The molecule has 0 amide bonds. The third kappa shape index (κ3) is 2.71. The van der Waals surface area contributed by atoms with Gasteiger partial charge >= 0.3 is 0 Å². The molecule has 2 aromatic carbocycles. The zero-order valence-electron chi connectivity index (χ0n) is 8.69. The van der Waals surface area contributed by atoms with Crippen molar-refractivity contribution in [3.63, 3.8) is 0 Å². The van der Waals surface area contributed by atoms with Gasteiger partial charge in [0.05, 0.1) is 0 Å². The first kappa shape index (κ1) is 10.9. The minimum Gasteiger partial charge on any atom is -0.276 e. The molecule has 0 aromatic heterocycles. The van der Waals surface area contributed by atoms with Crippen molar-refractivity contribution in [2.45, 2.75) is 6.42 Å². The van der Waals surface area contributed by atoms with Crippen LogP contribution in [0.25, 0.3) is 10.8 Å². The van der Waals surface area contributed by atoms with E-state index in [2.05, 4.69) is 30.3 Å². The predicted octanol–water partition coefficient (Wildman–Crippen LogP) is 3.70. The molecule has 0 aliphatic heterocycles. The third-order valence-corrected chi connectivity index (χ3v) is 2.54. The van der Waals surface area contributed by atoms with Crippen LogP contribution in [0.3, 0.4) is 0 Å². The Bertz CT molecular complexity index is 543. The van der Waals surface area contributed by atoms with Gasteiger partial charge in [0.15, 0.2) is 0 Å². The molecule has 0 bridgehead atoms. The number of carbonyl (C=O) groups excluding carboxylic acids is 1. The second kappa shape index (κ2) is 4.95. The van der Waals surface area contributed by atoms with Crippen molar-refractivity contribution in [2.24, 2.45) is 0 Å². The molecule has 0 aliphatic carbocycles. The summed E-state index contributed by atoms with van der Waals surface area (Å²) in [7, 11) is 0. The summed E-state index contributed by atoms with van der Waals surface area (Å²) in [6, 6.07) is 14.5. The van der Waals surface area contributed by atoms with Gasteiger partial charge in [0, 0.05) is 0 Å². The Morgan fingerprint density at radius 2 is 1.88 bits per heavy atom. The topological polar surface area (TPSA) is 17.1 Å². The van der Waals surface area contributed by atoms with E-state index in [-0.39, 0.29) is 0 Å². The molecule has 0 fully saturated rings. The second-order valence-corrected chi connectivity index (χ2v) is 3.96. The molecule has 2 rings (SSSR count). The molecule has 0 unspecified atom stereocenters. The van der Waals surface area contributed by atoms with E-state index in [9.17, 15) is 4.79 Å². The zero-order chi connectivity index (χ0) is 11.4. The summed E-state index contributed by atoms with van der Waals surface area (Å²) >= 11 is 5.21. The second-order valence-electron chi connectivity index (χ2n) is 3.59. The van der Waals surface area contributed by atoms with E-state index in [1.54, 1.807) is 6.08 Å². The predicted molar refractivity (Wildman–Crippen MR) is 67.7 cm³/mol. The number of halogens is 1. The van der Waals surface area contributed by atoms with Gasteiger partial charge in [-0.3, -0.25) is 4.79 Å². The zero-order valence-corrected chi connectivity index (χ0v) is 9.45. The average Bonchev–Trinajstić information content (AvgIpc) is 2.28. The van der Waals surface area contributed by atoms with E-state index in [1.165, 1.54) is 22.4 Å². The number of hydrogen-bond donors (Lipinski definition) is 0. The quantitative estimate of drug-likeness (QED) is 0.580. The van der Waals surface area contributed by atoms with Crippen LogP contribution in [0.2, 0.25) is 0 Å². The van der Waals surface area contributed by atoms with Crippen LogP contribution in [-0.2, 0) is 11.2 Å². The molecule has 1 nitrogen and oxygen atoms in total. The Balaban J connectivity index is 2.23. The van der Waals surface area contributed by atoms with Crippen LogP contribution in [0.5, 0.6) is 0 Å². The summed E-state index contributed by atoms with van der Waals surface area (Å²) in [5, 5.41) is 2.01. The lowest BCUT2D eigenvalue weighted by atomic mass is 10.1. The fourth-order valence-electron chi connectivity index (χ4n) is 1.65. The number of hydrogen-bond acceptors (Lipinski definition) is 1. The van der Waals surface area contributed by atoms with Gasteiger partial charge < -0.3 is 0 Å². The first-order valence-electron chi connectivity index (χ1n) is 5.09. The number of rotatable bonds is 3. The Morgan fingerprint density at radius 1 is 1.12 bits per heavy atom. The molecule has 0 saturated carbocycles. The number of allylic oxidation sites excluding steroid dienone is 2. The summed E-state index contributed by atoms with van der Waals surface area (Å²) in [5.41, 5.74) is 1.17. The molecule has 0 aliphatic rings. The average molecular weight is 231 g/mol. The normalized spacial score (nSPS) is 11.1. The Morgan fingerprint density at radius 3 is 2.62 bits per heavy atom. The van der Waals surface area contributed by atoms with Crippen molar-refractivity contribution >= 4 is 27.6 Å². The van der Waals surface area contributed by atoms with E-state index in [0.29, 0.717) is 0 Å². The molecule has 2 aromatic rings. The first-order chi connectivity index (χ1) is 7.75. The molecule has 16 heavy (non-hydrogen) atoms. The van der Waals surface area contributed by atoms with Crippen molar-refractivity contribution in [1.82, 2.24) is 0 Å². The molecular weight excluding hydrogens is 220 g/mol. The molecule has 0 atom stereocenters. The smallest absolute Gasteiger partial charge is 0.244 e. The summed E-state index contributed by atoms with van der Waals surface area (Å²) in [5.74, 6) is 0. The van der Waals surface area contributed by atoms with Crippen molar-refractivity contribution in [1.29, 1.82) is 0 Å². The third-order valence-electron chi connectivity index (χ3n) is 2.42. The minimum atomic E-state index is -0.430. The maximum atomic E-state index is 10.5. The number of benzene rings is 2. The first-order valence-corrected chi connectivity index (χ1v) is 5.47. The van der Waals surface area contributed by atoms with Crippen LogP contribution in [0.1, 0.15) is 5.56 Å². The van der Waals surface area contributed by atoms with E-state index in [4.69, 9.17) is 11.6 Å². The lowest BCUT2D eigenvalue weighted by molar-refractivity contribution is -0.107. The number of carbonyl (C=O) groups is 1. The lowest BCUT2D eigenvalue weighted by Gasteiger charge is -2.00. The van der Waals surface area contributed by atoms with Gasteiger partial charge in [-0.15, -0.1) is 0 Å². The maximum absolute atomic E-state index is 10.5. The van der Waals surface area contributed by atoms with Crippen LogP contribution in [0, 0.1) is 0 Å². The molecule has 0 saturated heterocycles. The van der Waals surface area contributed by atoms with Gasteiger partial charge in [0.2, 0.25) is 5.24 Å². The Hall–Kier alpha value is -1.60.